The third kappa shape index (κ3) is 4.66. The molecular weight excluding hydrogens is 652 g/mol. The van der Waals surface area contributed by atoms with E-state index < -0.39 is 99.3 Å². The quantitative estimate of drug-likeness (QED) is 0.216. The van der Waals surface area contributed by atoms with Crippen LogP contribution in [0.15, 0.2) is 33.2 Å². The second-order valence-corrected chi connectivity index (χ2v) is 11.5. The Labute approximate surface area is 274 Å². The zero-order valence-corrected chi connectivity index (χ0v) is 26.5. The molecule has 4 aliphatic rings. The van der Waals surface area contributed by atoms with Gasteiger partial charge in [0.1, 0.15) is 17.3 Å². The second-order valence-electron chi connectivity index (χ2n) is 11.5. The normalized spacial score (nSPS) is 22.4. The van der Waals surface area contributed by atoms with Crippen molar-refractivity contribution in [2.24, 2.45) is 0 Å². The minimum atomic E-state index is -2.28. The molecule has 1 fully saturated rings. The average Bonchev–Trinajstić information content (AvgIpc) is 3.75. The molecule has 1 aromatic heterocycles. The van der Waals surface area contributed by atoms with Gasteiger partial charge in [0, 0.05) is 39.3 Å². The Bertz CT molecular complexity index is 2210. The topological polar surface area (TPSA) is 210 Å². The predicted molar refractivity (Wildman–Crippen MR) is 157 cm³/mol. The summed E-state index contributed by atoms with van der Waals surface area (Å²) in [6.45, 7) is 5.75. The van der Waals surface area contributed by atoms with Crippen LogP contribution in [-0.4, -0.2) is 54.4 Å². The van der Waals surface area contributed by atoms with E-state index in [4.69, 9.17) is 42.3 Å². The maximum atomic E-state index is 13.7. The number of carbonyl (C=O) groups excluding carboxylic acids is 6. The van der Waals surface area contributed by atoms with Gasteiger partial charge in [-0.05, 0) is 24.4 Å². The molecule has 0 amide bonds. The highest BCUT2D eigenvalue weighted by Gasteiger charge is 2.73. The molecule has 4 atom stereocenters. The number of rotatable bonds is 5. The van der Waals surface area contributed by atoms with Crippen LogP contribution in [0, 0.1) is 6.92 Å². The van der Waals surface area contributed by atoms with E-state index >= 15 is 0 Å². The summed E-state index contributed by atoms with van der Waals surface area (Å²) in [6, 6.07) is 3.12. The molecule has 0 saturated carbocycles. The smallest absolute Gasteiger partial charge is 0.347 e. The van der Waals surface area contributed by atoms with E-state index in [0.29, 0.717) is 10.9 Å². The number of methoxy groups -OCH3 is 1. The lowest BCUT2D eigenvalue weighted by atomic mass is 9.86. The van der Waals surface area contributed by atoms with Gasteiger partial charge in [0.05, 0.1) is 23.8 Å². The van der Waals surface area contributed by atoms with E-state index in [1.54, 1.807) is 19.1 Å². The summed E-state index contributed by atoms with van der Waals surface area (Å²) in [7, 11) is 1.14. The van der Waals surface area contributed by atoms with Crippen molar-refractivity contribution in [2.75, 3.05) is 7.11 Å². The second kappa shape index (κ2) is 10.7. The standard InChI is InChI=1S/C33H24O16/c1-10-7-15-8-16-24(27(44-12(3)35)19(15)32(40)42-10)48-33(31-25(16)47-31)30(46-14(5)37)22-26(43-11(2)34)20-17(38)9-18(41-6)23(39)21(20)28(29(22)49-33)45-13(4)36/h7-9,25,30-31H,1-6H3. The summed E-state index contributed by atoms with van der Waals surface area (Å²) >= 11 is 0. The summed E-state index contributed by atoms with van der Waals surface area (Å²) in [5, 5.41) is 0.171. The van der Waals surface area contributed by atoms with E-state index in [-0.39, 0.29) is 28.2 Å². The van der Waals surface area contributed by atoms with E-state index in [1.165, 1.54) is 0 Å². The highest BCUT2D eigenvalue weighted by Crippen LogP contribution is 2.67. The van der Waals surface area contributed by atoms with Gasteiger partial charge in [0.15, 0.2) is 46.4 Å². The van der Waals surface area contributed by atoms with Gasteiger partial charge in [0.25, 0.3) is 0 Å². The van der Waals surface area contributed by atoms with Crippen molar-refractivity contribution >= 4 is 46.2 Å². The molecule has 1 aliphatic carbocycles. The van der Waals surface area contributed by atoms with E-state index in [0.717, 1.165) is 40.9 Å². The average molecular weight is 677 g/mol. The Balaban J connectivity index is 1.54. The van der Waals surface area contributed by atoms with Crippen molar-refractivity contribution in [2.45, 2.75) is 58.7 Å². The van der Waals surface area contributed by atoms with Crippen molar-refractivity contribution in [1.29, 1.82) is 0 Å². The molecular formula is C33H24O16. The lowest BCUT2D eigenvalue weighted by Crippen LogP contribution is -2.52. The van der Waals surface area contributed by atoms with Gasteiger partial charge < -0.3 is 42.3 Å². The summed E-state index contributed by atoms with van der Waals surface area (Å²) in [6.07, 6.45) is -2.92. The molecule has 4 unspecified atom stereocenters. The van der Waals surface area contributed by atoms with Crippen molar-refractivity contribution in [3.63, 3.8) is 0 Å². The molecule has 2 aromatic carbocycles. The van der Waals surface area contributed by atoms with Crippen molar-refractivity contribution in [3.05, 3.63) is 62.4 Å². The van der Waals surface area contributed by atoms with Crippen molar-refractivity contribution < 1.29 is 71.1 Å². The first-order valence-corrected chi connectivity index (χ1v) is 14.6. The minimum Gasteiger partial charge on any atom is -0.492 e. The zero-order chi connectivity index (χ0) is 35.3. The van der Waals surface area contributed by atoms with Gasteiger partial charge in [0.2, 0.25) is 11.9 Å². The van der Waals surface area contributed by atoms with Crippen LogP contribution < -0.4 is 29.3 Å². The molecule has 0 radical (unpaired) electrons. The Morgan fingerprint density at radius 3 is 2.06 bits per heavy atom. The Morgan fingerprint density at radius 2 is 1.43 bits per heavy atom. The number of hydrogen-bond acceptors (Lipinski definition) is 16. The summed E-state index contributed by atoms with van der Waals surface area (Å²) in [4.78, 5) is 90.4. The third-order valence-electron chi connectivity index (χ3n) is 8.06. The molecule has 1 spiro atoms. The van der Waals surface area contributed by atoms with Crippen LogP contribution in [0.2, 0.25) is 0 Å². The van der Waals surface area contributed by atoms with Crippen molar-refractivity contribution in [3.8, 4) is 28.7 Å². The van der Waals surface area contributed by atoms with E-state index in [1.807, 2.05) is 0 Å². The van der Waals surface area contributed by atoms with Gasteiger partial charge in [-0.3, -0.25) is 28.8 Å². The first-order valence-electron chi connectivity index (χ1n) is 14.6. The number of epoxide rings is 1. The number of hydrogen-bond donors (Lipinski definition) is 0. The van der Waals surface area contributed by atoms with Crippen LogP contribution in [0.1, 0.15) is 77.5 Å². The molecule has 16 heteroatoms. The lowest BCUT2D eigenvalue weighted by Gasteiger charge is -2.36. The Morgan fingerprint density at radius 1 is 0.796 bits per heavy atom. The Hall–Kier alpha value is -6.03. The fourth-order valence-electron chi connectivity index (χ4n) is 6.40. The van der Waals surface area contributed by atoms with Crippen LogP contribution in [-0.2, 0) is 33.4 Å². The van der Waals surface area contributed by atoms with Crippen LogP contribution in [0.5, 0.6) is 28.7 Å². The van der Waals surface area contributed by atoms with Crippen molar-refractivity contribution in [1.82, 2.24) is 0 Å². The number of Topliss-reactive ketones (excluding diaryl/α,β-unsaturated/α-hetero) is 1. The summed E-state index contributed by atoms with van der Waals surface area (Å²) in [5.41, 5.74) is -1.92. The molecule has 0 N–H and O–H groups in total. The summed E-state index contributed by atoms with van der Waals surface area (Å²) < 4.78 is 51.5. The molecule has 0 bridgehead atoms. The van der Waals surface area contributed by atoms with Gasteiger partial charge in [-0.1, -0.05) is 0 Å². The maximum absolute atomic E-state index is 13.7. The fraction of sp³-hybridized carbons (Fsp3) is 0.303. The SMILES string of the molecule is COC1=CC(=O)c2c(OC(C)=O)c3c(c(OC(C)=O)c2C1=O)OC1(Oc2c(cc4cc(C)oc(=O)c4c2OC(C)=O)C2OC21)C3OC(C)=O. The largest absolute Gasteiger partial charge is 0.492 e. The van der Waals surface area contributed by atoms with Crippen LogP contribution >= 0.6 is 0 Å². The number of allylic oxidation sites excluding steroid dienone is 2. The highest BCUT2D eigenvalue weighted by atomic mass is 16.8. The van der Waals surface area contributed by atoms with Gasteiger partial charge >= 0.3 is 35.3 Å². The molecule has 1 saturated heterocycles. The number of aryl methyl sites for hydroxylation is 1. The summed E-state index contributed by atoms with van der Waals surface area (Å²) in [5.74, 6) is -10.1. The fourth-order valence-corrected chi connectivity index (χ4v) is 6.40. The third-order valence-corrected chi connectivity index (χ3v) is 8.06. The Kier molecular flexibility index (Phi) is 6.92. The maximum Gasteiger partial charge on any atom is 0.347 e. The molecule has 3 aromatic rings. The first-order chi connectivity index (χ1) is 23.2. The van der Waals surface area contributed by atoms with Crippen LogP contribution in [0.25, 0.3) is 10.8 Å². The number of esters is 4. The first kappa shape index (κ1) is 31.6. The molecule has 49 heavy (non-hydrogen) atoms. The van der Waals surface area contributed by atoms with Gasteiger partial charge in [-0.2, -0.15) is 0 Å². The van der Waals surface area contributed by atoms with Crippen LogP contribution in [0.3, 0.4) is 0 Å². The van der Waals surface area contributed by atoms with E-state index in [9.17, 15) is 33.6 Å². The lowest BCUT2D eigenvalue weighted by molar-refractivity contribution is -0.205. The number of ketones is 2. The molecule has 16 nitrogen and oxygen atoms in total. The van der Waals surface area contributed by atoms with Gasteiger partial charge in [-0.25, -0.2) is 4.79 Å². The number of carbonyl (C=O) groups is 6. The molecule has 252 valence electrons. The van der Waals surface area contributed by atoms with Gasteiger partial charge in [-0.15, -0.1) is 0 Å². The van der Waals surface area contributed by atoms with E-state index in [2.05, 4.69) is 0 Å². The zero-order valence-electron chi connectivity index (χ0n) is 26.5. The minimum absolute atomic E-state index is 0.167. The predicted octanol–water partition coefficient (Wildman–Crippen LogP) is 3.01. The number of ether oxygens (including phenoxy) is 8. The molecule has 3 aliphatic heterocycles. The number of benzene rings is 2. The number of fused-ring (bicyclic) bond motifs is 7. The monoisotopic (exact) mass is 676 g/mol. The van der Waals surface area contributed by atoms with Crippen LogP contribution in [0.4, 0.5) is 0 Å². The molecule has 4 heterocycles. The molecule has 7 rings (SSSR count). The highest BCUT2D eigenvalue weighted by molar-refractivity contribution is 6.27.